The number of carbonyl (C=O) groups excluding carboxylic acids is 2. The molecular weight excluding hydrogens is 372 g/mol. The van der Waals surface area contributed by atoms with Crippen LogP contribution in [0.2, 0.25) is 0 Å². The quantitative estimate of drug-likeness (QED) is 0.637. The van der Waals surface area contributed by atoms with Crippen molar-refractivity contribution in [2.75, 3.05) is 10.6 Å². The number of hydrogen-bond donors (Lipinski definition) is 2. The topological polar surface area (TPSA) is 111 Å². The van der Waals surface area contributed by atoms with Crippen molar-refractivity contribution in [2.24, 2.45) is 0 Å². The molecule has 0 bridgehead atoms. The normalized spacial score (nSPS) is 10.6. The molecule has 1 aromatic heterocycles. The van der Waals surface area contributed by atoms with Crippen LogP contribution in [0.5, 0.6) is 5.75 Å². The van der Waals surface area contributed by atoms with Crippen LogP contribution < -0.4 is 15.4 Å². The molecule has 3 rings (SSSR count). The van der Waals surface area contributed by atoms with Crippen LogP contribution in [0.4, 0.5) is 11.4 Å². The molecular formula is C20H22N6O3. The van der Waals surface area contributed by atoms with Crippen LogP contribution in [0, 0.1) is 0 Å². The summed E-state index contributed by atoms with van der Waals surface area (Å²) in [5.74, 6) is 0.724. The zero-order chi connectivity index (χ0) is 20.8. The zero-order valence-electron chi connectivity index (χ0n) is 16.4. The number of amides is 2. The molecule has 1 heterocycles. The van der Waals surface area contributed by atoms with Gasteiger partial charge in [-0.15, -0.1) is 5.10 Å². The fourth-order valence-electron chi connectivity index (χ4n) is 2.63. The lowest BCUT2D eigenvalue weighted by molar-refractivity contribution is -0.114. The molecule has 0 aliphatic rings. The Kier molecular flexibility index (Phi) is 6.18. The fraction of sp³-hybridized carbons (Fsp3) is 0.250. The first-order valence-electron chi connectivity index (χ1n) is 9.11. The van der Waals surface area contributed by atoms with E-state index < -0.39 is 0 Å². The van der Waals surface area contributed by atoms with Gasteiger partial charge in [0.25, 0.3) is 5.91 Å². The summed E-state index contributed by atoms with van der Waals surface area (Å²) in [6.45, 7) is 5.59. The summed E-state index contributed by atoms with van der Waals surface area (Å²) < 4.78 is 7.43. The summed E-state index contributed by atoms with van der Waals surface area (Å²) in [7, 11) is 0. The predicted octanol–water partition coefficient (Wildman–Crippen LogP) is 3.04. The molecule has 150 valence electrons. The Hall–Kier alpha value is -3.75. The first-order valence-corrected chi connectivity index (χ1v) is 9.11. The lowest BCUT2D eigenvalue weighted by atomic mass is 10.2. The average Bonchev–Trinajstić information content (AvgIpc) is 3.17. The maximum atomic E-state index is 12.5. The van der Waals surface area contributed by atoms with Gasteiger partial charge in [-0.2, -0.15) is 0 Å². The van der Waals surface area contributed by atoms with Crippen molar-refractivity contribution >= 4 is 23.2 Å². The minimum absolute atomic E-state index is 0.123. The van der Waals surface area contributed by atoms with Gasteiger partial charge in [0.05, 0.1) is 6.04 Å². The van der Waals surface area contributed by atoms with Gasteiger partial charge in [0.2, 0.25) is 5.91 Å². The van der Waals surface area contributed by atoms with Gasteiger partial charge in [-0.3, -0.25) is 9.59 Å². The molecule has 0 saturated heterocycles. The Labute approximate surface area is 168 Å². The van der Waals surface area contributed by atoms with E-state index in [1.165, 1.54) is 6.92 Å². The van der Waals surface area contributed by atoms with Crippen molar-refractivity contribution < 1.29 is 14.3 Å². The molecule has 0 aliphatic heterocycles. The summed E-state index contributed by atoms with van der Waals surface area (Å²) in [5, 5.41) is 17.1. The average molecular weight is 394 g/mol. The molecule has 0 saturated carbocycles. The van der Waals surface area contributed by atoms with Crippen molar-refractivity contribution in [1.29, 1.82) is 0 Å². The Bertz CT molecular complexity index is 997. The van der Waals surface area contributed by atoms with Crippen molar-refractivity contribution in [3.8, 4) is 5.75 Å². The van der Waals surface area contributed by atoms with Gasteiger partial charge in [0.15, 0.2) is 5.82 Å². The molecule has 29 heavy (non-hydrogen) atoms. The van der Waals surface area contributed by atoms with E-state index in [1.807, 2.05) is 13.8 Å². The molecule has 9 nitrogen and oxygen atoms in total. The van der Waals surface area contributed by atoms with Gasteiger partial charge >= 0.3 is 0 Å². The smallest absolute Gasteiger partial charge is 0.255 e. The number of benzene rings is 2. The van der Waals surface area contributed by atoms with Crippen molar-refractivity contribution in [2.45, 2.75) is 33.4 Å². The number of rotatable bonds is 7. The SMILES string of the molecule is CC(=O)Nc1ccc(NC(=O)c2cccc(OCc3nnnn3C(C)C)c2)cc1. The number of carbonyl (C=O) groups is 2. The highest BCUT2D eigenvalue weighted by Gasteiger charge is 2.11. The predicted molar refractivity (Wildman–Crippen MR) is 108 cm³/mol. The molecule has 0 radical (unpaired) electrons. The zero-order valence-corrected chi connectivity index (χ0v) is 16.4. The third-order valence-corrected chi connectivity index (χ3v) is 3.98. The first-order chi connectivity index (χ1) is 13.9. The Balaban J connectivity index is 1.63. The fourth-order valence-corrected chi connectivity index (χ4v) is 2.63. The summed E-state index contributed by atoms with van der Waals surface area (Å²) in [6, 6.07) is 13.9. The molecule has 9 heteroatoms. The summed E-state index contributed by atoms with van der Waals surface area (Å²) in [5.41, 5.74) is 1.73. The second kappa shape index (κ2) is 8.96. The minimum atomic E-state index is -0.269. The molecule has 0 atom stereocenters. The molecule has 2 amide bonds. The Morgan fingerprint density at radius 2 is 1.76 bits per heavy atom. The third-order valence-electron chi connectivity index (χ3n) is 3.98. The van der Waals surface area contributed by atoms with E-state index in [-0.39, 0.29) is 24.5 Å². The van der Waals surface area contributed by atoms with E-state index in [9.17, 15) is 9.59 Å². The van der Waals surface area contributed by atoms with E-state index in [4.69, 9.17) is 4.74 Å². The van der Waals surface area contributed by atoms with Crippen LogP contribution in [0.25, 0.3) is 0 Å². The van der Waals surface area contributed by atoms with Crippen molar-refractivity contribution in [1.82, 2.24) is 20.2 Å². The van der Waals surface area contributed by atoms with Crippen LogP contribution in [0.15, 0.2) is 48.5 Å². The lowest BCUT2D eigenvalue weighted by Crippen LogP contribution is -2.13. The van der Waals surface area contributed by atoms with Gasteiger partial charge in [-0.1, -0.05) is 6.07 Å². The molecule has 0 aliphatic carbocycles. The van der Waals surface area contributed by atoms with Crippen molar-refractivity contribution in [3.05, 3.63) is 59.9 Å². The molecule has 3 aromatic rings. The Morgan fingerprint density at radius 1 is 1.07 bits per heavy atom. The highest BCUT2D eigenvalue weighted by Crippen LogP contribution is 2.18. The number of hydrogen-bond acceptors (Lipinski definition) is 6. The summed E-state index contributed by atoms with van der Waals surface area (Å²) in [4.78, 5) is 23.6. The molecule has 0 unspecified atom stereocenters. The highest BCUT2D eigenvalue weighted by atomic mass is 16.5. The standard InChI is InChI=1S/C20H22N6O3/c1-13(2)26-19(23-24-25-26)12-29-18-6-4-5-15(11-18)20(28)22-17-9-7-16(8-10-17)21-14(3)27/h4-11,13H,12H2,1-3H3,(H,21,27)(H,22,28). The van der Waals surface area contributed by atoms with Gasteiger partial charge in [-0.05, 0) is 66.7 Å². The number of nitrogens with zero attached hydrogens (tertiary/aromatic N) is 4. The highest BCUT2D eigenvalue weighted by molar-refractivity contribution is 6.04. The summed E-state index contributed by atoms with van der Waals surface area (Å²) >= 11 is 0. The number of tetrazole rings is 1. The van der Waals surface area contributed by atoms with Gasteiger partial charge in [-0.25, -0.2) is 4.68 Å². The maximum Gasteiger partial charge on any atom is 0.255 e. The van der Waals surface area contributed by atoms with E-state index in [0.29, 0.717) is 28.5 Å². The van der Waals surface area contributed by atoms with Crippen molar-refractivity contribution in [3.63, 3.8) is 0 Å². The molecule has 2 N–H and O–H groups in total. The lowest BCUT2D eigenvalue weighted by Gasteiger charge is -2.10. The molecule has 0 spiro atoms. The van der Waals surface area contributed by atoms with E-state index >= 15 is 0 Å². The van der Waals surface area contributed by atoms with Gasteiger partial charge in [0, 0.05) is 23.9 Å². The van der Waals surface area contributed by atoms with Crippen LogP contribution >= 0.6 is 0 Å². The van der Waals surface area contributed by atoms with E-state index in [2.05, 4.69) is 26.2 Å². The Morgan fingerprint density at radius 3 is 2.41 bits per heavy atom. The minimum Gasteiger partial charge on any atom is -0.486 e. The number of nitrogens with one attached hydrogen (secondary N) is 2. The van der Waals surface area contributed by atoms with Gasteiger partial charge < -0.3 is 15.4 Å². The van der Waals surface area contributed by atoms with E-state index in [1.54, 1.807) is 53.2 Å². The molecule has 0 fully saturated rings. The van der Waals surface area contributed by atoms with E-state index in [0.717, 1.165) is 0 Å². The number of ether oxygens (including phenoxy) is 1. The van der Waals surface area contributed by atoms with Crippen LogP contribution in [0.1, 0.15) is 43.0 Å². The second-order valence-corrected chi connectivity index (χ2v) is 6.66. The van der Waals surface area contributed by atoms with Crippen LogP contribution in [-0.2, 0) is 11.4 Å². The van der Waals surface area contributed by atoms with Crippen LogP contribution in [0.3, 0.4) is 0 Å². The second-order valence-electron chi connectivity index (χ2n) is 6.66. The van der Waals surface area contributed by atoms with Crippen LogP contribution in [-0.4, -0.2) is 32.0 Å². The monoisotopic (exact) mass is 394 g/mol. The third kappa shape index (κ3) is 5.38. The summed E-state index contributed by atoms with van der Waals surface area (Å²) in [6.07, 6.45) is 0. The molecule has 2 aromatic carbocycles. The number of anilines is 2. The number of aromatic nitrogens is 4. The largest absolute Gasteiger partial charge is 0.486 e. The first kappa shape index (κ1) is 20.0. The van der Waals surface area contributed by atoms with Gasteiger partial charge in [0.1, 0.15) is 12.4 Å². The maximum absolute atomic E-state index is 12.5.